The number of carbonyl (C=O) groups excluding carboxylic acids is 1. The van der Waals surface area contributed by atoms with E-state index in [4.69, 9.17) is 11.6 Å². The Hall–Kier alpha value is -2.07. The van der Waals surface area contributed by atoms with Crippen molar-refractivity contribution in [3.8, 4) is 5.75 Å². The molecule has 2 rings (SSSR count). The van der Waals surface area contributed by atoms with Crippen molar-refractivity contribution in [1.82, 2.24) is 10.3 Å². The van der Waals surface area contributed by atoms with Crippen molar-refractivity contribution in [1.29, 1.82) is 0 Å². The largest absolute Gasteiger partial charge is 0.508 e. The van der Waals surface area contributed by atoms with Crippen molar-refractivity contribution in [2.24, 2.45) is 0 Å². The van der Waals surface area contributed by atoms with E-state index >= 15 is 0 Å². The number of hydrogen-bond acceptors (Lipinski definition) is 3. The summed E-state index contributed by atoms with van der Waals surface area (Å²) < 4.78 is 0. The highest BCUT2D eigenvalue weighted by Gasteiger charge is 2.10. The Balaban J connectivity index is 2.06. The van der Waals surface area contributed by atoms with E-state index in [2.05, 4.69) is 10.3 Å². The Bertz CT molecular complexity index is 558. The molecule has 0 bridgehead atoms. The molecule has 0 aliphatic rings. The number of phenolic OH excluding ortho intramolecular Hbond substituents is 1. The first-order valence-electron chi connectivity index (χ1n) is 5.33. The Morgan fingerprint density at radius 1 is 1.33 bits per heavy atom. The van der Waals surface area contributed by atoms with Crippen LogP contribution >= 0.6 is 11.6 Å². The number of aromatic nitrogens is 1. The van der Waals surface area contributed by atoms with E-state index < -0.39 is 0 Å². The summed E-state index contributed by atoms with van der Waals surface area (Å²) in [5.41, 5.74) is 0.995. The highest BCUT2D eigenvalue weighted by molar-refractivity contribution is 6.33. The molecule has 1 amide bonds. The third kappa shape index (κ3) is 2.99. The van der Waals surface area contributed by atoms with Gasteiger partial charge in [-0.05, 0) is 30.3 Å². The minimum Gasteiger partial charge on any atom is -0.508 e. The molecule has 0 atom stereocenters. The average molecular weight is 263 g/mol. The number of halogens is 1. The van der Waals surface area contributed by atoms with Gasteiger partial charge < -0.3 is 10.4 Å². The number of carbonyl (C=O) groups is 1. The molecular weight excluding hydrogens is 252 g/mol. The van der Waals surface area contributed by atoms with Crippen LogP contribution in [0, 0.1) is 0 Å². The number of nitrogens with one attached hydrogen (secondary N) is 1. The van der Waals surface area contributed by atoms with Crippen molar-refractivity contribution in [3.05, 3.63) is 58.9 Å². The van der Waals surface area contributed by atoms with E-state index in [1.54, 1.807) is 12.3 Å². The van der Waals surface area contributed by atoms with Gasteiger partial charge in [-0.25, -0.2) is 0 Å². The van der Waals surface area contributed by atoms with Gasteiger partial charge in [0.15, 0.2) is 0 Å². The Kier molecular flexibility index (Phi) is 3.79. The van der Waals surface area contributed by atoms with Crippen LogP contribution in [0.25, 0.3) is 0 Å². The van der Waals surface area contributed by atoms with E-state index in [-0.39, 0.29) is 17.2 Å². The van der Waals surface area contributed by atoms with Gasteiger partial charge in [-0.1, -0.05) is 17.7 Å². The molecule has 0 aliphatic carbocycles. The molecule has 2 N–H and O–H groups in total. The van der Waals surface area contributed by atoms with Gasteiger partial charge in [0.25, 0.3) is 5.91 Å². The number of benzene rings is 1. The van der Waals surface area contributed by atoms with Crippen molar-refractivity contribution >= 4 is 17.5 Å². The Morgan fingerprint density at radius 2 is 2.17 bits per heavy atom. The van der Waals surface area contributed by atoms with Crippen LogP contribution in [0.3, 0.4) is 0 Å². The molecule has 2 aromatic rings. The molecule has 0 unspecified atom stereocenters. The SMILES string of the molecule is O=C(NCc1ccccn1)c1cc(O)ccc1Cl. The quantitative estimate of drug-likeness (QED) is 0.893. The van der Waals surface area contributed by atoms with Crippen molar-refractivity contribution in [2.45, 2.75) is 6.54 Å². The fraction of sp³-hybridized carbons (Fsp3) is 0.0769. The molecule has 0 radical (unpaired) electrons. The summed E-state index contributed by atoms with van der Waals surface area (Å²) in [5.74, 6) is -0.344. The smallest absolute Gasteiger partial charge is 0.253 e. The number of pyridine rings is 1. The summed E-state index contributed by atoms with van der Waals surface area (Å²) >= 11 is 5.89. The predicted octanol–water partition coefficient (Wildman–Crippen LogP) is 2.37. The summed E-state index contributed by atoms with van der Waals surface area (Å²) in [6, 6.07) is 9.69. The first kappa shape index (κ1) is 12.4. The molecule has 0 fully saturated rings. The Labute approximate surface area is 109 Å². The molecule has 0 saturated heterocycles. The fourth-order valence-corrected chi connectivity index (χ4v) is 1.66. The van der Waals surface area contributed by atoms with Crippen molar-refractivity contribution in [2.75, 3.05) is 0 Å². The van der Waals surface area contributed by atoms with Gasteiger partial charge in [-0.15, -0.1) is 0 Å². The van der Waals surface area contributed by atoms with Gasteiger partial charge in [0, 0.05) is 6.20 Å². The van der Waals surface area contributed by atoms with Gasteiger partial charge in [-0.3, -0.25) is 9.78 Å². The summed E-state index contributed by atoms with van der Waals surface area (Å²) in [6.07, 6.45) is 1.66. The standard InChI is InChI=1S/C13H11ClN2O2/c14-12-5-4-10(17)7-11(12)13(18)16-8-9-3-1-2-6-15-9/h1-7,17H,8H2,(H,16,18). The maximum absolute atomic E-state index is 11.9. The van der Waals surface area contributed by atoms with Gasteiger partial charge in [0.2, 0.25) is 0 Å². The normalized spacial score (nSPS) is 10.1. The molecule has 5 heteroatoms. The second-order valence-corrected chi connectivity index (χ2v) is 4.08. The third-order valence-corrected chi connectivity index (χ3v) is 2.68. The lowest BCUT2D eigenvalue weighted by Gasteiger charge is -2.06. The lowest BCUT2D eigenvalue weighted by atomic mass is 10.2. The molecule has 4 nitrogen and oxygen atoms in total. The molecule has 1 aromatic heterocycles. The van der Waals surface area contributed by atoms with Crippen molar-refractivity contribution in [3.63, 3.8) is 0 Å². The van der Waals surface area contributed by atoms with Crippen LogP contribution in [0.5, 0.6) is 5.75 Å². The summed E-state index contributed by atoms with van der Waals surface area (Å²) in [7, 11) is 0. The van der Waals surface area contributed by atoms with Crippen LogP contribution in [-0.4, -0.2) is 16.0 Å². The van der Waals surface area contributed by atoms with E-state index in [1.807, 2.05) is 12.1 Å². The van der Waals surface area contributed by atoms with Gasteiger partial charge in [-0.2, -0.15) is 0 Å². The van der Waals surface area contributed by atoms with E-state index in [1.165, 1.54) is 18.2 Å². The van der Waals surface area contributed by atoms with Crippen LogP contribution in [0.1, 0.15) is 16.1 Å². The van der Waals surface area contributed by atoms with Crippen LogP contribution < -0.4 is 5.32 Å². The molecule has 1 aromatic carbocycles. The molecule has 92 valence electrons. The zero-order valence-corrected chi connectivity index (χ0v) is 10.2. The van der Waals surface area contributed by atoms with E-state index in [0.29, 0.717) is 11.6 Å². The van der Waals surface area contributed by atoms with Gasteiger partial charge in [0.1, 0.15) is 5.75 Å². The molecule has 18 heavy (non-hydrogen) atoms. The lowest BCUT2D eigenvalue weighted by molar-refractivity contribution is 0.0950. The van der Waals surface area contributed by atoms with Crippen LogP contribution in [0.2, 0.25) is 5.02 Å². The minimum atomic E-state index is -0.346. The number of phenols is 1. The molecular formula is C13H11ClN2O2. The molecule has 1 heterocycles. The minimum absolute atomic E-state index is 0.00221. The van der Waals surface area contributed by atoms with Crippen LogP contribution in [0.4, 0.5) is 0 Å². The van der Waals surface area contributed by atoms with Gasteiger partial charge >= 0.3 is 0 Å². The second kappa shape index (κ2) is 5.51. The number of rotatable bonds is 3. The molecule has 0 spiro atoms. The third-order valence-electron chi connectivity index (χ3n) is 2.35. The molecule has 0 aliphatic heterocycles. The maximum Gasteiger partial charge on any atom is 0.253 e. The van der Waals surface area contributed by atoms with E-state index in [0.717, 1.165) is 5.69 Å². The maximum atomic E-state index is 11.9. The van der Waals surface area contributed by atoms with Crippen LogP contribution in [-0.2, 0) is 6.54 Å². The number of amides is 1. The molecule has 0 saturated carbocycles. The van der Waals surface area contributed by atoms with E-state index in [9.17, 15) is 9.90 Å². The Morgan fingerprint density at radius 3 is 2.89 bits per heavy atom. The summed E-state index contributed by atoms with van der Waals surface area (Å²) in [5, 5.41) is 12.3. The predicted molar refractivity (Wildman–Crippen MR) is 68.5 cm³/mol. The topological polar surface area (TPSA) is 62.2 Å². The zero-order chi connectivity index (χ0) is 13.0. The fourth-order valence-electron chi connectivity index (χ4n) is 1.46. The lowest BCUT2D eigenvalue weighted by Crippen LogP contribution is -2.23. The number of hydrogen-bond donors (Lipinski definition) is 2. The van der Waals surface area contributed by atoms with Gasteiger partial charge in [0.05, 0.1) is 22.8 Å². The highest BCUT2D eigenvalue weighted by atomic mass is 35.5. The summed E-state index contributed by atoms with van der Waals surface area (Å²) in [6.45, 7) is 0.311. The highest BCUT2D eigenvalue weighted by Crippen LogP contribution is 2.20. The zero-order valence-electron chi connectivity index (χ0n) is 9.43. The monoisotopic (exact) mass is 262 g/mol. The van der Waals surface area contributed by atoms with Crippen molar-refractivity contribution < 1.29 is 9.90 Å². The number of aromatic hydroxyl groups is 1. The first-order chi connectivity index (χ1) is 8.66. The van der Waals surface area contributed by atoms with Crippen LogP contribution in [0.15, 0.2) is 42.6 Å². The second-order valence-electron chi connectivity index (χ2n) is 3.67. The number of nitrogens with zero attached hydrogens (tertiary/aromatic N) is 1. The first-order valence-corrected chi connectivity index (χ1v) is 5.71. The average Bonchev–Trinajstić information content (AvgIpc) is 2.40. The summed E-state index contributed by atoms with van der Waals surface area (Å²) in [4.78, 5) is 15.9.